The summed E-state index contributed by atoms with van der Waals surface area (Å²) in [5.41, 5.74) is 2.30. The van der Waals surface area contributed by atoms with Gasteiger partial charge in [0.25, 0.3) is 0 Å². The van der Waals surface area contributed by atoms with Gasteiger partial charge in [-0.1, -0.05) is 18.2 Å². The third kappa shape index (κ3) is 4.99. The van der Waals surface area contributed by atoms with Gasteiger partial charge in [-0.3, -0.25) is 4.98 Å². The van der Waals surface area contributed by atoms with Gasteiger partial charge in [-0.15, -0.1) is 0 Å². The molecular formula is C20H22FN5. The van der Waals surface area contributed by atoms with E-state index >= 15 is 0 Å². The molecule has 2 heterocycles. The topological polar surface area (TPSA) is 62.7 Å². The van der Waals surface area contributed by atoms with Crippen LogP contribution in [0.3, 0.4) is 0 Å². The molecule has 0 aliphatic heterocycles. The van der Waals surface area contributed by atoms with Gasteiger partial charge in [-0.2, -0.15) is 4.98 Å². The van der Waals surface area contributed by atoms with Crippen LogP contribution in [0.1, 0.15) is 26.3 Å². The van der Waals surface area contributed by atoms with Gasteiger partial charge in [0.15, 0.2) is 0 Å². The van der Waals surface area contributed by atoms with Crippen LogP contribution >= 0.6 is 0 Å². The molecule has 5 nitrogen and oxygen atoms in total. The summed E-state index contributed by atoms with van der Waals surface area (Å²) in [5, 5.41) is 6.57. The lowest BCUT2D eigenvalue weighted by atomic mass is 10.1. The number of nitrogens with zero attached hydrogens (tertiary/aromatic N) is 3. The van der Waals surface area contributed by atoms with Crippen LogP contribution in [0.15, 0.2) is 54.7 Å². The molecule has 1 aromatic carbocycles. The largest absolute Gasteiger partial charge is 0.366 e. The van der Waals surface area contributed by atoms with E-state index in [0.717, 1.165) is 17.0 Å². The fourth-order valence-corrected chi connectivity index (χ4v) is 2.37. The molecule has 0 aliphatic rings. The monoisotopic (exact) mass is 351 g/mol. The van der Waals surface area contributed by atoms with Crippen LogP contribution in [-0.4, -0.2) is 20.5 Å². The van der Waals surface area contributed by atoms with E-state index in [1.807, 2.05) is 24.3 Å². The third-order valence-electron chi connectivity index (χ3n) is 3.53. The van der Waals surface area contributed by atoms with E-state index in [4.69, 9.17) is 0 Å². The van der Waals surface area contributed by atoms with Gasteiger partial charge in [0, 0.05) is 24.3 Å². The molecule has 0 bridgehead atoms. The molecule has 0 atom stereocenters. The summed E-state index contributed by atoms with van der Waals surface area (Å²) in [6, 6.07) is 14.0. The highest BCUT2D eigenvalue weighted by Crippen LogP contribution is 2.21. The molecule has 2 N–H and O–H groups in total. The molecule has 0 fully saturated rings. The van der Waals surface area contributed by atoms with Gasteiger partial charge in [-0.05, 0) is 50.6 Å². The average molecular weight is 351 g/mol. The number of aromatic nitrogens is 3. The summed E-state index contributed by atoms with van der Waals surface area (Å²) in [6.45, 7) is 6.69. The highest BCUT2D eigenvalue weighted by atomic mass is 19.1. The summed E-state index contributed by atoms with van der Waals surface area (Å²) in [6.07, 6.45) is 1.74. The van der Waals surface area contributed by atoms with Gasteiger partial charge in [-0.25, -0.2) is 9.37 Å². The van der Waals surface area contributed by atoms with E-state index in [2.05, 4.69) is 46.4 Å². The van der Waals surface area contributed by atoms with Crippen molar-refractivity contribution in [3.8, 4) is 11.4 Å². The normalized spacial score (nSPS) is 11.2. The first-order valence-electron chi connectivity index (χ1n) is 8.46. The Balaban J connectivity index is 1.87. The van der Waals surface area contributed by atoms with Gasteiger partial charge < -0.3 is 10.6 Å². The number of anilines is 2. The van der Waals surface area contributed by atoms with Crippen molar-refractivity contribution in [2.24, 2.45) is 0 Å². The van der Waals surface area contributed by atoms with Crippen molar-refractivity contribution in [2.45, 2.75) is 32.9 Å². The first-order valence-corrected chi connectivity index (χ1v) is 8.46. The van der Waals surface area contributed by atoms with E-state index in [0.29, 0.717) is 18.3 Å². The molecule has 0 saturated carbocycles. The molecule has 0 saturated heterocycles. The number of rotatable bonds is 5. The van der Waals surface area contributed by atoms with Crippen LogP contribution in [0.2, 0.25) is 0 Å². The molecular weight excluding hydrogens is 329 g/mol. The lowest BCUT2D eigenvalue weighted by Crippen LogP contribution is -2.27. The molecule has 0 spiro atoms. The summed E-state index contributed by atoms with van der Waals surface area (Å²) >= 11 is 0. The van der Waals surface area contributed by atoms with Crippen LogP contribution < -0.4 is 10.6 Å². The minimum atomic E-state index is -0.245. The quantitative estimate of drug-likeness (QED) is 0.709. The van der Waals surface area contributed by atoms with Crippen molar-refractivity contribution in [1.29, 1.82) is 0 Å². The summed E-state index contributed by atoms with van der Waals surface area (Å²) in [5.74, 6) is 0.962. The van der Waals surface area contributed by atoms with Crippen molar-refractivity contribution in [2.75, 3.05) is 10.6 Å². The molecule has 0 radical (unpaired) electrons. The predicted octanol–water partition coefficient (Wildman–Crippen LogP) is 4.50. The molecule has 2 aromatic heterocycles. The van der Waals surface area contributed by atoms with Crippen molar-refractivity contribution in [3.63, 3.8) is 0 Å². The maximum Gasteiger partial charge on any atom is 0.225 e. The Kier molecular flexibility index (Phi) is 5.11. The van der Waals surface area contributed by atoms with Gasteiger partial charge in [0.05, 0.1) is 11.4 Å². The van der Waals surface area contributed by atoms with Gasteiger partial charge in [0.1, 0.15) is 11.6 Å². The first kappa shape index (κ1) is 17.8. The maximum atomic E-state index is 13.0. The van der Waals surface area contributed by atoms with Gasteiger partial charge in [0.2, 0.25) is 5.95 Å². The standard InChI is InChI=1S/C20H22FN5/c1-20(2,3)26-19-24-17(16-6-4-5-11-22-16)12-18(25-19)23-13-14-7-9-15(21)10-8-14/h4-12H,13H2,1-3H3,(H2,23,24,25,26). The van der Waals surface area contributed by atoms with E-state index < -0.39 is 0 Å². The van der Waals surface area contributed by atoms with Crippen molar-refractivity contribution >= 4 is 11.8 Å². The zero-order valence-corrected chi connectivity index (χ0v) is 15.1. The molecule has 134 valence electrons. The van der Waals surface area contributed by atoms with Crippen LogP contribution in [0, 0.1) is 5.82 Å². The van der Waals surface area contributed by atoms with Crippen molar-refractivity contribution in [1.82, 2.24) is 15.0 Å². The van der Waals surface area contributed by atoms with E-state index in [9.17, 15) is 4.39 Å². The Morgan fingerprint density at radius 3 is 2.38 bits per heavy atom. The first-order chi connectivity index (χ1) is 12.4. The molecule has 6 heteroatoms. The molecule has 3 rings (SSSR count). The fourth-order valence-electron chi connectivity index (χ4n) is 2.37. The average Bonchev–Trinajstić information content (AvgIpc) is 2.60. The molecule has 0 amide bonds. The smallest absolute Gasteiger partial charge is 0.225 e. The molecule has 0 aliphatic carbocycles. The van der Waals surface area contributed by atoms with Crippen LogP contribution in [-0.2, 0) is 6.54 Å². The van der Waals surface area contributed by atoms with Crippen LogP contribution in [0.4, 0.5) is 16.2 Å². The summed E-state index contributed by atoms with van der Waals surface area (Å²) in [7, 11) is 0. The minimum absolute atomic E-state index is 0.170. The Bertz CT molecular complexity index is 858. The molecule has 0 unspecified atom stereocenters. The fraction of sp³-hybridized carbons (Fsp3) is 0.250. The number of hydrogen-bond donors (Lipinski definition) is 2. The maximum absolute atomic E-state index is 13.0. The second kappa shape index (κ2) is 7.47. The molecule has 26 heavy (non-hydrogen) atoms. The zero-order valence-electron chi connectivity index (χ0n) is 15.1. The van der Waals surface area contributed by atoms with Crippen molar-refractivity contribution in [3.05, 3.63) is 66.1 Å². The Labute approximate surface area is 152 Å². The lowest BCUT2D eigenvalue weighted by Gasteiger charge is -2.21. The number of nitrogens with one attached hydrogen (secondary N) is 2. The van der Waals surface area contributed by atoms with Crippen LogP contribution in [0.25, 0.3) is 11.4 Å². The van der Waals surface area contributed by atoms with Gasteiger partial charge >= 0.3 is 0 Å². The molecule has 3 aromatic rings. The Hall–Kier alpha value is -3.02. The number of pyridine rings is 1. The van der Waals surface area contributed by atoms with E-state index in [1.165, 1.54) is 12.1 Å². The SMILES string of the molecule is CC(C)(C)Nc1nc(NCc2ccc(F)cc2)cc(-c2ccccn2)n1. The second-order valence-electron chi connectivity index (χ2n) is 7.03. The highest BCUT2D eigenvalue weighted by Gasteiger charge is 2.14. The van der Waals surface area contributed by atoms with Crippen molar-refractivity contribution < 1.29 is 4.39 Å². The Morgan fingerprint density at radius 1 is 0.962 bits per heavy atom. The van der Waals surface area contributed by atoms with E-state index in [1.54, 1.807) is 18.3 Å². The third-order valence-corrected chi connectivity index (χ3v) is 3.53. The predicted molar refractivity (Wildman–Crippen MR) is 102 cm³/mol. The second-order valence-corrected chi connectivity index (χ2v) is 7.03. The number of benzene rings is 1. The Morgan fingerprint density at radius 2 is 1.73 bits per heavy atom. The zero-order chi connectivity index (χ0) is 18.6. The summed E-state index contributed by atoms with van der Waals surface area (Å²) in [4.78, 5) is 13.5. The summed E-state index contributed by atoms with van der Waals surface area (Å²) < 4.78 is 13.0. The highest BCUT2D eigenvalue weighted by molar-refractivity contribution is 5.61. The number of hydrogen-bond acceptors (Lipinski definition) is 5. The van der Waals surface area contributed by atoms with Crippen LogP contribution in [0.5, 0.6) is 0 Å². The minimum Gasteiger partial charge on any atom is -0.366 e. The number of halogens is 1. The van der Waals surface area contributed by atoms with E-state index in [-0.39, 0.29) is 11.4 Å². The lowest BCUT2D eigenvalue weighted by molar-refractivity contribution is 0.626.